The van der Waals surface area contributed by atoms with Crippen LogP contribution in [0.5, 0.6) is 0 Å². The standard InChI is InChI=1S/C17H26N2O/c1-17(2)10-9-15(11-17)18-16(20)14-7-5-13(6-8-14)12-19(3)4/h5-8,15H,9-12H2,1-4H3,(H,18,20). The molecule has 1 aliphatic carbocycles. The fourth-order valence-corrected chi connectivity index (χ4v) is 2.95. The Labute approximate surface area is 122 Å². The van der Waals surface area contributed by atoms with E-state index in [1.807, 2.05) is 38.4 Å². The second kappa shape index (κ2) is 5.96. The Hall–Kier alpha value is -1.35. The van der Waals surface area contributed by atoms with Gasteiger partial charge in [0.05, 0.1) is 0 Å². The number of carbonyl (C=O) groups is 1. The van der Waals surface area contributed by atoms with Gasteiger partial charge in [-0.05, 0) is 56.5 Å². The highest BCUT2D eigenvalue weighted by molar-refractivity contribution is 5.94. The summed E-state index contributed by atoms with van der Waals surface area (Å²) in [5.74, 6) is 0.0594. The molecule has 1 atom stereocenters. The van der Waals surface area contributed by atoms with Crippen LogP contribution in [0.25, 0.3) is 0 Å². The summed E-state index contributed by atoms with van der Waals surface area (Å²) in [6, 6.07) is 8.25. The highest BCUT2D eigenvalue weighted by Crippen LogP contribution is 2.36. The van der Waals surface area contributed by atoms with Crippen molar-refractivity contribution in [3.05, 3.63) is 35.4 Å². The molecule has 0 radical (unpaired) electrons. The van der Waals surface area contributed by atoms with Gasteiger partial charge in [0.1, 0.15) is 0 Å². The van der Waals surface area contributed by atoms with Crippen molar-refractivity contribution in [2.75, 3.05) is 14.1 Å². The molecule has 0 bridgehead atoms. The second-order valence-electron chi connectivity index (χ2n) is 7.01. The summed E-state index contributed by atoms with van der Waals surface area (Å²) in [4.78, 5) is 14.3. The van der Waals surface area contributed by atoms with E-state index in [-0.39, 0.29) is 5.91 Å². The van der Waals surface area contributed by atoms with E-state index in [0.717, 1.165) is 24.9 Å². The van der Waals surface area contributed by atoms with Crippen molar-refractivity contribution in [3.8, 4) is 0 Å². The molecule has 3 heteroatoms. The van der Waals surface area contributed by atoms with E-state index in [4.69, 9.17) is 0 Å². The second-order valence-corrected chi connectivity index (χ2v) is 7.01. The molecule has 0 spiro atoms. The topological polar surface area (TPSA) is 32.3 Å². The molecule has 0 heterocycles. The fraction of sp³-hybridized carbons (Fsp3) is 0.588. The predicted octanol–water partition coefficient (Wildman–Crippen LogP) is 3.06. The Morgan fingerprint density at radius 3 is 2.45 bits per heavy atom. The third kappa shape index (κ3) is 4.07. The highest BCUT2D eigenvalue weighted by Gasteiger charge is 2.31. The van der Waals surface area contributed by atoms with Gasteiger partial charge in [-0.1, -0.05) is 26.0 Å². The quantitative estimate of drug-likeness (QED) is 0.915. The highest BCUT2D eigenvalue weighted by atomic mass is 16.1. The molecule has 1 aliphatic rings. The van der Waals surface area contributed by atoms with Gasteiger partial charge in [0, 0.05) is 18.2 Å². The summed E-state index contributed by atoms with van der Waals surface area (Å²) >= 11 is 0. The molecule has 1 amide bonds. The Balaban J connectivity index is 1.93. The molecule has 1 fully saturated rings. The molecule has 2 rings (SSSR count). The number of carbonyl (C=O) groups excluding carboxylic acids is 1. The largest absolute Gasteiger partial charge is 0.349 e. The number of hydrogen-bond donors (Lipinski definition) is 1. The molecule has 0 aliphatic heterocycles. The van der Waals surface area contributed by atoms with Crippen molar-refractivity contribution in [2.45, 2.75) is 45.7 Å². The molecule has 0 aromatic heterocycles. The molecule has 20 heavy (non-hydrogen) atoms. The number of rotatable bonds is 4. The molecular formula is C17H26N2O. The summed E-state index contributed by atoms with van der Waals surface area (Å²) in [5, 5.41) is 3.16. The van der Waals surface area contributed by atoms with Crippen LogP contribution in [0.2, 0.25) is 0 Å². The Kier molecular flexibility index (Phi) is 4.48. The fourth-order valence-electron chi connectivity index (χ4n) is 2.95. The van der Waals surface area contributed by atoms with Gasteiger partial charge in [0.2, 0.25) is 0 Å². The summed E-state index contributed by atoms with van der Waals surface area (Å²) in [7, 11) is 4.09. The van der Waals surface area contributed by atoms with Gasteiger partial charge >= 0.3 is 0 Å². The van der Waals surface area contributed by atoms with E-state index < -0.39 is 0 Å². The molecule has 3 nitrogen and oxygen atoms in total. The number of benzene rings is 1. The Morgan fingerprint density at radius 1 is 1.30 bits per heavy atom. The van der Waals surface area contributed by atoms with Gasteiger partial charge in [-0.25, -0.2) is 0 Å². The lowest BCUT2D eigenvalue weighted by atomic mass is 9.92. The zero-order chi connectivity index (χ0) is 14.8. The van der Waals surface area contributed by atoms with Crippen LogP contribution in [0.4, 0.5) is 0 Å². The van der Waals surface area contributed by atoms with Gasteiger partial charge in [0.15, 0.2) is 0 Å². The number of hydrogen-bond acceptors (Lipinski definition) is 2. The normalized spacial score (nSPS) is 21.1. The van der Waals surface area contributed by atoms with Crippen LogP contribution in [0.15, 0.2) is 24.3 Å². The van der Waals surface area contributed by atoms with Crippen molar-refractivity contribution in [3.63, 3.8) is 0 Å². The minimum atomic E-state index is 0.0594. The summed E-state index contributed by atoms with van der Waals surface area (Å²) < 4.78 is 0. The van der Waals surface area contributed by atoms with Gasteiger partial charge in [0.25, 0.3) is 5.91 Å². The number of nitrogens with zero attached hydrogens (tertiary/aromatic N) is 1. The Morgan fingerprint density at radius 2 is 1.95 bits per heavy atom. The van der Waals surface area contributed by atoms with E-state index in [2.05, 4.69) is 24.1 Å². The third-order valence-corrected chi connectivity index (χ3v) is 4.02. The van der Waals surface area contributed by atoms with Gasteiger partial charge in [-0.15, -0.1) is 0 Å². The smallest absolute Gasteiger partial charge is 0.251 e. The van der Waals surface area contributed by atoms with Crippen molar-refractivity contribution in [2.24, 2.45) is 5.41 Å². The molecule has 1 aromatic carbocycles. The first-order valence-corrected chi connectivity index (χ1v) is 7.40. The molecule has 1 unspecified atom stereocenters. The summed E-state index contributed by atoms with van der Waals surface area (Å²) in [6.45, 7) is 5.45. The van der Waals surface area contributed by atoms with Gasteiger partial charge < -0.3 is 10.2 Å². The van der Waals surface area contributed by atoms with Crippen LogP contribution in [-0.4, -0.2) is 30.9 Å². The van der Waals surface area contributed by atoms with E-state index in [9.17, 15) is 4.79 Å². The molecule has 1 aromatic rings. The van der Waals surface area contributed by atoms with Gasteiger partial charge in [-0.3, -0.25) is 4.79 Å². The van der Waals surface area contributed by atoms with Crippen LogP contribution in [0, 0.1) is 5.41 Å². The zero-order valence-corrected chi connectivity index (χ0v) is 13.1. The lowest BCUT2D eigenvalue weighted by Gasteiger charge is -2.18. The minimum Gasteiger partial charge on any atom is -0.349 e. The maximum absolute atomic E-state index is 12.2. The summed E-state index contributed by atoms with van der Waals surface area (Å²) in [5.41, 5.74) is 2.36. The predicted molar refractivity (Wildman–Crippen MR) is 82.7 cm³/mol. The molecule has 1 N–H and O–H groups in total. The van der Waals surface area contributed by atoms with Crippen molar-refractivity contribution >= 4 is 5.91 Å². The maximum atomic E-state index is 12.2. The first-order chi connectivity index (χ1) is 9.35. The molecule has 1 saturated carbocycles. The Bertz CT molecular complexity index is 462. The van der Waals surface area contributed by atoms with Crippen LogP contribution < -0.4 is 5.32 Å². The van der Waals surface area contributed by atoms with Crippen LogP contribution >= 0.6 is 0 Å². The van der Waals surface area contributed by atoms with E-state index in [1.54, 1.807) is 0 Å². The monoisotopic (exact) mass is 274 g/mol. The SMILES string of the molecule is CN(C)Cc1ccc(C(=O)NC2CCC(C)(C)C2)cc1. The van der Waals surface area contributed by atoms with E-state index >= 15 is 0 Å². The number of nitrogens with one attached hydrogen (secondary N) is 1. The maximum Gasteiger partial charge on any atom is 0.251 e. The van der Waals surface area contributed by atoms with Crippen LogP contribution in [0.1, 0.15) is 49.0 Å². The number of amides is 1. The van der Waals surface area contributed by atoms with Gasteiger partial charge in [-0.2, -0.15) is 0 Å². The average Bonchev–Trinajstić information content (AvgIpc) is 2.68. The van der Waals surface area contributed by atoms with E-state index in [0.29, 0.717) is 11.5 Å². The van der Waals surface area contributed by atoms with Crippen LogP contribution in [-0.2, 0) is 6.54 Å². The van der Waals surface area contributed by atoms with Crippen molar-refractivity contribution < 1.29 is 4.79 Å². The van der Waals surface area contributed by atoms with Crippen molar-refractivity contribution in [1.82, 2.24) is 10.2 Å². The van der Waals surface area contributed by atoms with Crippen LogP contribution in [0.3, 0.4) is 0 Å². The van der Waals surface area contributed by atoms with Crippen molar-refractivity contribution in [1.29, 1.82) is 0 Å². The zero-order valence-electron chi connectivity index (χ0n) is 13.1. The van der Waals surface area contributed by atoms with E-state index in [1.165, 1.54) is 12.0 Å². The third-order valence-electron chi connectivity index (χ3n) is 4.02. The average molecular weight is 274 g/mol. The lowest BCUT2D eigenvalue weighted by Crippen LogP contribution is -2.33. The first kappa shape index (κ1) is 15.0. The summed E-state index contributed by atoms with van der Waals surface area (Å²) in [6.07, 6.45) is 3.37. The molecular weight excluding hydrogens is 248 g/mol. The first-order valence-electron chi connectivity index (χ1n) is 7.40. The minimum absolute atomic E-state index is 0.0594. The lowest BCUT2D eigenvalue weighted by molar-refractivity contribution is 0.0936. The molecule has 0 saturated heterocycles. The molecule has 110 valence electrons.